The summed E-state index contributed by atoms with van der Waals surface area (Å²) >= 11 is 0. The molecule has 0 bridgehead atoms. The van der Waals surface area contributed by atoms with Crippen molar-refractivity contribution >= 4 is 43.7 Å². The van der Waals surface area contributed by atoms with Gasteiger partial charge in [0.2, 0.25) is 5.95 Å². The molecule has 0 radical (unpaired) electrons. The van der Waals surface area contributed by atoms with E-state index < -0.39 is 31.7 Å². The molecule has 4 aromatic rings. The summed E-state index contributed by atoms with van der Waals surface area (Å²) in [4.78, 5) is 26.6. The molecule has 0 amide bonds. The number of alkyl halides is 3. The number of fused-ring (bicyclic) bond motifs is 1. The molecule has 1 N–H and O–H groups in total. The van der Waals surface area contributed by atoms with Crippen LogP contribution in [0.4, 0.5) is 30.5 Å². The topological polar surface area (TPSA) is 83.4 Å². The number of nitrogens with zero attached hydrogens (tertiary/aromatic N) is 5. The first kappa shape index (κ1) is 28.6. The third kappa shape index (κ3) is 5.80. The van der Waals surface area contributed by atoms with E-state index in [-0.39, 0.29) is 29.3 Å². The highest BCUT2D eigenvalue weighted by atomic mass is 32.2. The highest BCUT2D eigenvalue weighted by Crippen LogP contribution is 2.40. The summed E-state index contributed by atoms with van der Waals surface area (Å²) in [5.74, 6) is 3.69. The molecule has 0 saturated carbocycles. The van der Waals surface area contributed by atoms with Gasteiger partial charge in [0.1, 0.15) is 5.65 Å². The summed E-state index contributed by atoms with van der Waals surface area (Å²) in [6, 6.07) is 13.0. The molecular weight excluding hydrogens is 553 g/mol. The van der Waals surface area contributed by atoms with Gasteiger partial charge in [-0.2, -0.15) is 18.2 Å². The van der Waals surface area contributed by atoms with E-state index in [4.69, 9.17) is 0 Å². The molecule has 0 spiro atoms. The number of pyridine rings is 1. The van der Waals surface area contributed by atoms with Gasteiger partial charge in [-0.25, -0.2) is 4.98 Å². The van der Waals surface area contributed by atoms with Gasteiger partial charge in [-0.1, -0.05) is 12.1 Å². The largest absolute Gasteiger partial charge is 0.418 e. The van der Waals surface area contributed by atoms with E-state index in [0.29, 0.717) is 5.39 Å². The van der Waals surface area contributed by atoms with Crippen molar-refractivity contribution in [1.29, 1.82) is 0 Å². The molecule has 3 heterocycles. The molecule has 5 rings (SSSR count). The molecule has 41 heavy (non-hydrogen) atoms. The van der Waals surface area contributed by atoms with Crippen LogP contribution in [0.1, 0.15) is 12.5 Å². The Hall–Kier alpha value is -3.90. The van der Waals surface area contributed by atoms with E-state index in [1.54, 1.807) is 6.92 Å². The second kappa shape index (κ2) is 10.8. The van der Waals surface area contributed by atoms with Gasteiger partial charge in [0.15, 0.2) is 0 Å². The third-order valence-corrected chi connectivity index (χ3v) is 8.47. The van der Waals surface area contributed by atoms with Crippen molar-refractivity contribution in [2.45, 2.75) is 24.5 Å². The van der Waals surface area contributed by atoms with Crippen LogP contribution in [0, 0.1) is 0 Å². The number of likely N-dealkylation sites (N-methyl/N-ethyl adjacent to an activating group) is 1. The molecule has 8 nitrogen and oxygen atoms in total. The fourth-order valence-corrected chi connectivity index (χ4v) is 6.09. The number of halogens is 3. The normalized spacial score (nSPS) is 16.1. The Morgan fingerprint density at radius 3 is 2.34 bits per heavy atom. The Bertz CT molecular complexity index is 1760. The van der Waals surface area contributed by atoms with E-state index in [9.17, 15) is 22.2 Å². The fraction of sp³-hybridized carbons (Fsp3) is 0.310. The third-order valence-electron chi connectivity index (χ3n) is 7.20. The van der Waals surface area contributed by atoms with Crippen LogP contribution in [0.2, 0.25) is 0 Å². The van der Waals surface area contributed by atoms with E-state index in [1.165, 1.54) is 29.0 Å². The first-order chi connectivity index (χ1) is 19.4. The van der Waals surface area contributed by atoms with Gasteiger partial charge in [-0.15, -0.1) is 0 Å². The summed E-state index contributed by atoms with van der Waals surface area (Å²) in [6.07, 6.45) is -2.24. The number of rotatable bonds is 6. The molecule has 0 aliphatic carbocycles. The van der Waals surface area contributed by atoms with Crippen LogP contribution in [0.25, 0.3) is 22.2 Å². The Kier molecular flexibility index (Phi) is 7.56. The number of aromatic nitrogens is 3. The lowest BCUT2D eigenvalue weighted by molar-refractivity contribution is -0.139. The minimum Gasteiger partial charge on any atom is -0.369 e. The van der Waals surface area contributed by atoms with Crippen LogP contribution in [-0.4, -0.2) is 69.0 Å². The number of benzene rings is 2. The molecule has 1 fully saturated rings. The lowest BCUT2D eigenvalue weighted by atomic mass is 9.99. The van der Waals surface area contributed by atoms with Crippen LogP contribution in [-0.2, 0) is 22.2 Å². The molecule has 1 aliphatic heterocycles. The Morgan fingerprint density at radius 1 is 1.05 bits per heavy atom. The molecule has 2 aromatic heterocycles. The minimum atomic E-state index is -4.86. The van der Waals surface area contributed by atoms with Gasteiger partial charge in [-0.05, 0) is 65.8 Å². The first-order valence-corrected chi connectivity index (χ1v) is 15.2. The van der Waals surface area contributed by atoms with Crippen molar-refractivity contribution < 1.29 is 17.4 Å². The van der Waals surface area contributed by atoms with Crippen LogP contribution >= 0.6 is 0 Å². The number of hydrogen-bond acceptors (Lipinski definition) is 7. The molecule has 1 atom stereocenters. The molecule has 12 heteroatoms. The quantitative estimate of drug-likeness (QED) is 0.329. The molecule has 216 valence electrons. The highest BCUT2D eigenvalue weighted by Gasteiger charge is 2.38. The van der Waals surface area contributed by atoms with Crippen molar-refractivity contribution in [3.63, 3.8) is 0 Å². The zero-order chi connectivity index (χ0) is 29.5. The summed E-state index contributed by atoms with van der Waals surface area (Å²) in [5, 5.41) is 3.54. The molecular formula is C29H31F3N6O2S. The predicted octanol–water partition coefficient (Wildman–Crippen LogP) is 4.70. The molecule has 1 saturated heterocycles. The second-order valence-electron chi connectivity index (χ2n) is 10.2. The molecule has 1 aliphatic rings. The van der Waals surface area contributed by atoms with Crippen molar-refractivity contribution in [3.8, 4) is 11.1 Å². The van der Waals surface area contributed by atoms with Crippen molar-refractivity contribution in [2.24, 2.45) is 0 Å². The first-order valence-electron chi connectivity index (χ1n) is 13.1. The second-order valence-corrected chi connectivity index (χ2v) is 12.7. The minimum absolute atomic E-state index is 0.167. The monoisotopic (exact) mass is 584 g/mol. The maximum Gasteiger partial charge on any atom is 0.418 e. The lowest BCUT2D eigenvalue weighted by Gasteiger charge is -2.34. The van der Waals surface area contributed by atoms with Gasteiger partial charge in [0, 0.05) is 78.0 Å². The number of piperazine rings is 1. The zero-order valence-corrected chi connectivity index (χ0v) is 23.8. The predicted molar refractivity (Wildman–Crippen MR) is 159 cm³/mol. The summed E-state index contributed by atoms with van der Waals surface area (Å²) in [5.41, 5.74) is -0.140. The number of aryl methyl sites for hydroxylation is 1. The van der Waals surface area contributed by atoms with Gasteiger partial charge >= 0.3 is 6.18 Å². The molecule has 2 aromatic carbocycles. The smallest absolute Gasteiger partial charge is 0.369 e. The standard InChI is InChI=1S/C29H31F3N6O2S/c1-5-38-26-19(17-23(27(38)39)22-7-6-8-24(41(3,4)40)25(22)29(30,31)32)18-33-28(35-26)34-20-9-11-21(12-10-20)37-15-13-36(2)14-16-37/h6-12,17-18H,3,5,13-16H2,1-2,4H3,(H,33,34,35). The Morgan fingerprint density at radius 2 is 1.73 bits per heavy atom. The maximum absolute atomic E-state index is 14.3. The average Bonchev–Trinajstić information content (AvgIpc) is 2.92. The van der Waals surface area contributed by atoms with Crippen molar-refractivity contribution in [2.75, 3.05) is 49.7 Å². The lowest BCUT2D eigenvalue weighted by Crippen LogP contribution is -2.44. The van der Waals surface area contributed by atoms with Crippen molar-refractivity contribution in [1.82, 2.24) is 19.4 Å². The SMILES string of the molecule is C=S(C)(=O)c1cccc(-c2cc3cnc(Nc4ccc(N5CCN(C)CC5)cc4)nc3n(CC)c2=O)c1C(F)(F)F. The number of anilines is 3. The van der Waals surface area contributed by atoms with Gasteiger partial charge in [-0.3, -0.25) is 13.6 Å². The zero-order valence-electron chi connectivity index (χ0n) is 23.0. The summed E-state index contributed by atoms with van der Waals surface area (Å²) in [7, 11) is -1.12. The Balaban J connectivity index is 1.52. The maximum atomic E-state index is 14.3. The van der Waals surface area contributed by atoms with Gasteiger partial charge in [0.05, 0.1) is 5.56 Å². The number of hydrogen-bond donors (Lipinski definition) is 1. The van der Waals surface area contributed by atoms with Crippen LogP contribution < -0.4 is 15.8 Å². The Labute approximate surface area is 236 Å². The van der Waals surface area contributed by atoms with Crippen LogP contribution in [0.3, 0.4) is 0 Å². The molecule has 1 unspecified atom stereocenters. The van der Waals surface area contributed by atoms with Gasteiger partial charge in [0.25, 0.3) is 5.56 Å². The van der Waals surface area contributed by atoms with Crippen molar-refractivity contribution in [3.05, 3.63) is 70.6 Å². The van der Waals surface area contributed by atoms with E-state index in [2.05, 4.69) is 38.0 Å². The van der Waals surface area contributed by atoms with Gasteiger partial charge < -0.3 is 15.1 Å². The number of nitrogens with one attached hydrogen (secondary N) is 1. The van der Waals surface area contributed by atoms with E-state index in [0.717, 1.165) is 49.9 Å². The highest BCUT2D eigenvalue weighted by molar-refractivity contribution is 7.99. The van der Waals surface area contributed by atoms with E-state index in [1.807, 2.05) is 24.3 Å². The van der Waals surface area contributed by atoms with Crippen LogP contribution in [0.5, 0.6) is 0 Å². The van der Waals surface area contributed by atoms with E-state index >= 15 is 0 Å². The fourth-order valence-electron chi connectivity index (χ4n) is 5.06. The average molecular weight is 585 g/mol. The summed E-state index contributed by atoms with van der Waals surface area (Å²) < 4.78 is 56.7. The van der Waals surface area contributed by atoms with Crippen LogP contribution in [0.15, 0.2) is 64.4 Å². The summed E-state index contributed by atoms with van der Waals surface area (Å²) in [6.45, 7) is 5.80.